The SMILES string of the molecule is COc1ccccc1NC(=O)[C@H](C)[NH2+]C1CCCCCC1. The summed E-state index contributed by atoms with van der Waals surface area (Å²) in [6.07, 6.45) is 7.72. The molecular weight excluding hydrogens is 264 g/mol. The Morgan fingerprint density at radius 2 is 1.90 bits per heavy atom. The molecule has 0 bridgehead atoms. The molecule has 0 heterocycles. The molecule has 1 amide bonds. The van der Waals surface area contributed by atoms with Gasteiger partial charge < -0.3 is 15.4 Å². The molecule has 0 radical (unpaired) electrons. The summed E-state index contributed by atoms with van der Waals surface area (Å²) in [4.78, 5) is 12.3. The van der Waals surface area contributed by atoms with E-state index < -0.39 is 0 Å². The fourth-order valence-corrected chi connectivity index (χ4v) is 2.99. The smallest absolute Gasteiger partial charge is 0.282 e. The molecule has 1 aromatic carbocycles. The van der Waals surface area contributed by atoms with Crippen molar-refractivity contribution in [2.75, 3.05) is 12.4 Å². The Kier molecular flexibility index (Phi) is 6.05. The normalized spacial score (nSPS) is 17.8. The molecular formula is C17H27N2O2+. The van der Waals surface area contributed by atoms with Gasteiger partial charge in [0.05, 0.1) is 18.8 Å². The van der Waals surface area contributed by atoms with Crippen LogP contribution < -0.4 is 15.4 Å². The molecule has 1 fully saturated rings. The van der Waals surface area contributed by atoms with Gasteiger partial charge in [-0.25, -0.2) is 0 Å². The van der Waals surface area contributed by atoms with E-state index in [1.807, 2.05) is 31.2 Å². The van der Waals surface area contributed by atoms with Crippen molar-refractivity contribution in [2.45, 2.75) is 57.5 Å². The number of nitrogens with one attached hydrogen (secondary N) is 1. The fraction of sp³-hybridized carbons (Fsp3) is 0.588. The van der Waals surface area contributed by atoms with Crippen LogP contribution in [0.5, 0.6) is 5.75 Å². The van der Waals surface area contributed by atoms with E-state index >= 15 is 0 Å². The summed E-state index contributed by atoms with van der Waals surface area (Å²) in [5.74, 6) is 0.747. The number of quaternary nitrogens is 1. The Balaban J connectivity index is 1.89. The number of carbonyl (C=O) groups excluding carboxylic acids is 1. The quantitative estimate of drug-likeness (QED) is 0.818. The van der Waals surface area contributed by atoms with Crippen molar-refractivity contribution in [3.8, 4) is 5.75 Å². The predicted octanol–water partition coefficient (Wildman–Crippen LogP) is 2.31. The summed E-state index contributed by atoms with van der Waals surface area (Å²) < 4.78 is 5.27. The highest BCUT2D eigenvalue weighted by molar-refractivity contribution is 5.94. The molecule has 4 nitrogen and oxygen atoms in total. The summed E-state index contributed by atoms with van der Waals surface area (Å²) in [6.45, 7) is 1.98. The highest BCUT2D eigenvalue weighted by Gasteiger charge is 2.23. The van der Waals surface area contributed by atoms with Crippen LogP contribution in [0.1, 0.15) is 45.4 Å². The van der Waals surface area contributed by atoms with Crippen LogP contribution in [-0.4, -0.2) is 25.1 Å². The average Bonchev–Trinajstić information content (AvgIpc) is 2.76. The van der Waals surface area contributed by atoms with Gasteiger partial charge in [0.2, 0.25) is 0 Å². The van der Waals surface area contributed by atoms with Crippen molar-refractivity contribution < 1.29 is 14.8 Å². The first kappa shape index (κ1) is 15.8. The third-order valence-corrected chi connectivity index (χ3v) is 4.24. The Hall–Kier alpha value is -1.55. The summed E-state index contributed by atoms with van der Waals surface area (Å²) in [6, 6.07) is 8.04. The molecule has 1 atom stereocenters. The van der Waals surface area contributed by atoms with Crippen LogP contribution in [0.3, 0.4) is 0 Å². The van der Waals surface area contributed by atoms with Gasteiger partial charge in [-0.15, -0.1) is 0 Å². The lowest BCUT2D eigenvalue weighted by molar-refractivity contribution is -0.707. The molecule has 1 aliphatic rings. The molecule has 0 saturated heterocycles. The van der Waals surface area contributed by atoms with Crippen molar-refractivity contribution in [1.29, 1.82) is 0 Å². The molecule has 0 aliphatic heterocycles. The van der Waals surface area contributed by atoms with Crippen molar-refractivity contribution in [3.05, 3.63) is 24.3 Å². The van der Waals surface area contributed by atoms with Crippen LogP contribution in [0.2, 0.25) is 0 Å². The lowest BCUT2D eigenvalue weighted by Crippen LogP contribution is -2.96. The van der Waals surface area contributed by atoms with Gasteiger partial charge in [-0.2, -0.15) is 0 Å². The maximum Gasteiger partial charge on any atom is 0.282 e. The molecule has 21 heavy (non-hydrogen) atoms. The second-order valence-corrected chi connectivity index (χ2v) is 5.92. The second kappa shape index (κ2) is 8.03. The third-order valence-electron chi connectivity index (χ3n) is 4.24. The molecule has 4 heteroatoms. The second-order valence-electron chi connectivity index (χ2n) is 5.92. The van der Waals surface area contributed by atoms with Gasteiger partial charge in [-0.05, 0) is 44.7 Å². The Morgan fingerprint density at radius 3 is 2.57 bits per heavy atom. The van der Waals surface area contributed by atoms with Gasteiger partial charge in [0.1, 0.15) is 5.75 Å². The van der Waals surface area contributed by atoms with E-state index in [4.69, 9.17) is 4.74 Å². The molecule has 2 rings (SSSR count). The highest BCUT2D eigenvalue weighted by Crippen LogP contribution is 2.23. The van der Waals surface area contributed by atoms with E-state index in [0.717, 1.165) is 5.69 Å². The van der Waals surface area contributed by atoms with Crippen LogP contribution in [0, 0.1) is 0 Å². The van der Waals surface area contributed by atoms with E-state index in [2.05, 4.69) is 10.6 Å². The number of methoxy groups -OCH3 is 1. The highest BCUT2D eigenvalue weighted by atomic mass is 16.5. The molecule has 1 aromatic rings. The van der Waals surface area contributed by atoms with Crippen molar-refractivity contribution in [2.24, 2.45) is 0 Å². The van der Waals surface area contributed by atoms with Crippen molar-refractivity contribution >= 4 is 11.6 Å². The lowest BCUT2D eigenvalue weighted by Gasteiger charge is -2.18. The first-order chi connectivity index (χ1) is 10.2. The largest absolute Gasteiger partial charge is 0.495 e. The zero-order valence-corrected chi connectivity index (χ0v) is 13.1. The fourth-order valence-electron chi connectivity index (χ4n) is 2.99. The number of rotatable bonds is 5. The minimum absolute atomic E-state index is 0.0451. The van der Waals surface area contributed by atoms with Crippen LogP contribution in [0.4, 0.5) is 5.69 Å². The van der Waals surface area contributed by atoms with Crippen LogP contribution >= 0.6 is 0 Å². The zero-order valence-electron chi connectivity index (χ0n) is 13.1. The first-order valence-corrected chi connectivity index (χ1v) is 7.99. The van der Waals surface area contributed by atoms with Gasteiger partial charge >= 0.3 is 0 Å². The van der Waals surface area contributed by atoms with Gasteiger partial charge in [-0.1, -0.05) is 25.0 Å². The van der Waals surface area contributed by atoms with Gasteiger partial charge in [0.25, 0.3) is 5.91 Å². The Bertz CT molecular complexity index is 454. The van der Waals surface area contributed by atoms with E-state index in [1.54, 1.807) is 7.11 Å². The summed E-state index contributed by atoms with van der Waals surface area (Å²) in [5.41, 5.74) is 0.742. The van der Waals surface area contributed by atoms with E-state index in [1.165, 1.54) is 38.5 Å². The van der Waals surface area contributed by atoms with Crippen LogP contribution in [0.15, 0.2) is 24.3 Å². The number of anilines is 1. The minimum Gasteiger partial charge on any atom is -0.495 e. The van der Waals surface area contributed by atoms with E-state index in [9.17, 15) is 4.79 Å². The van der Waals surface area contributed by atoms with E-state index in [0.29, 0.717) is 11.8 Å². The molecule has 1 saturated carbocycles. The Morgan fingerprint density at radius 1 is 1.24 bits per heavy atom. The van der Waals surface area contributed by atoms with Crippen molar-refractivity contribution in [1.82, 2.24) is 0 Å². The van der Waals surface area contributed by atoms with E-state index in [-0.39, 0.29) is 11.9 Å². The zero-order chi connectivity index (χ0) is 15.1. The molecule has 1 aliphatic carbocycles. The third kappa shape index (κ3) is 4.74. The topological polar surface area (TPSA) is 54.9 Å². The van der Waals surface area contributed by atoms with Crippen LogP contribution in [0.25, 0.3) is 0 Å². The van der Waals surface area contributed by atoms with Crippen molar-refractivity contribution in [3.63, 3.8) is 0 Å². The standard InChI is InChI=1S/C17H26N2O2/c1-13(18-14-9-5-3-4-6-10-14)17(20)19-15-11-7-8-12-16(15)21-2/h7-8,11-14,18H,3-6,9-10H2,1-2H3,(H,19,20)/p+1/t13-/m0/s1. The number of amides is 1. The molecule has 0 aromatic heterocycles. The average molecular weight is 291 g/mol. The summed E-state index contributed by atoms with van der Waals surface area (Å²) in [7, 11) is 1.62. The number of ether oxygens (including phenoxy) is 1. The van der Waals surface area contributed by atoms with Gasteiger partial charge in [-0.3, -0.25) is 4.79 Å². The van der Waals surface area contributed by atoms with Crippen LogP contribution in [-0.2, 0) is 4.79 Å². The molecule has 116 valence electrons. The number of hydrogen-bond donors (Lipinski definition) is 2. The number of nitrogens with two attached hydrogens (primary N) is 1. The number of carbonyl (C=O) groups is 1. The number of hydrogen-bond acceptors (Lipinski definition) is 2. The van der Waals surface area contributed by atoms with Gasteiger partial charge in [0.15, 0.2) is 6.04 Å². The number of benzene rings is 1. The monoisotopic (exact) mass is 291 g/mol. The molecule has 0 spiro atoms. The number of para-hydroxylation sites is 2. The maximum absolute atomic E-state index is 12.3. The molecule has 3 N–H and O–H groups in total. The Labute approximate surface area is 127 Å². The molecule has 0 unspecified atom stereocenters. The maximum atomic E-state index is 12.3. The first-order valence-electron chi connectivity index (χ1n) is 7.99. The minimum atomic E-state index is -0.0713. The predicted molar refractivity (Wildman–Crippen MR) is 84.5 cm³/mol. The summed E-state index contributed by atoms with van der Waals surface area (Å²) >= 11 is 0. The van der Waals surface area contributed by atoms with Gasteiger partial charge in [0, 0.05) is 0 Å². The lowest BCUT2D eigenvalue weighted by atomic mass is 10.1. The summed E-state index contributed by atoms with van der Waals surface area (Å²) in [5, 5.41) is 5.20.